The molecule has 0 saturated carbocycles. The fourth-order valence-electron chi connectivity index (χ4n) is 2.85. The monoisotopic (exact) mass is 416 g/mol. The van der Waals surface area contributed by atoms with Crippen LogP contribution in [0, 0.1) is 0 Å². The van der Waals surface area contributed by atoms with E-state index >= 15 is 0 Å². The normalized spacial score (nSPS) is 24.9. The number of hydrogen-bond donors (Lipinski definition) is 3. The maximum absolute atomic E-state index is 12.2. The van der Waals surface area contributed by atoms with Gasteiger partial charge in [0.2, 0.25) is 0 Å². The van der Waals surface area contributed by atoms with Crippen molar-refractivity contribution < 1.29 is 29.3 Å². The Labute approximate surface area is 161 Å². The molecule has 1 aliphatic heterocycles. The van der Waals surface area contributed by atoms with E-state index in [9.17, 15) is 29.4 Å². The molecular formula is C17H25N2O8P. The van der Waals surface area contributed by atoms with Crippen LogP contribution in [-0.2, 0) is 14.3 Å². The molecule has 10 nitrogen and oxygen atoms in total. The first kappa shape index (κ1) is 22.3. The first-order chi connectivity index (χ1) is 12.9. The maximum Gasteiger partial charge on any atom is 0.330 e. The van der Waals surface area contributed by atoms with E-state index in [0.29, 0.717) is 12.6 Å². The van der Waals surface area contributed by atoms with Crippen molar-refractivity contribution in [2.24, 2.45) is 0 Å². The topological polar surface area (TPSA) is 148 Å². The lowest BCUT2D eigenvalue weighted by Gasteiger charge is -2.19. The zero-order chi connectivity index (χ0) is 21.2. The van der Waals surface area contributed by atoms with Crippen molar-refractivity contribution in [3.63, 3.8) is 0 Å². The quantitative estimate of drug-likeness (QED) is 0.222. The number of carbonyl (C=O) groups excluding carboxylic acids is 2. The highest BCUT2D eigenvalue weighted by atomic mass is 31.2. The number of carbonyl (C=O) groups is 2. The maximum atomic E-state index is 12.2. The van der Waals surface area contributed by atoms with Crippen molar-refractivity contribution >= 4 is 24.9 Å². The second kappa shape index (κ2) is 8.57. The van der Waals surface area contributed by atoms with Crippen LogP contribution in [0.5, 0.6) is 0 Å². The molecule has 0 aliphatic carbocycles. The molecule has 1 saturated heterocycles. The number of Topliss-reactive ketones (excluding diaryl/α,β-unsaturated/α-hetero) is 1. The van der Waals surface area contributed by atoms with Crippen molar-refractivity contribution in [3.8, 4) is 0 Å². The molecule has 0 bridgehead atoms. The minimum atomic E-state index is -1.44. The molecule has 28 heavy (non-hydrogen) atoms. The van der Waals surface area contributed by atoms with Gasteiger partial charge in [0.05, 0.1) is 18.8 Å². The summed E-state index contributed by atoms with van der Waals surface area (Å²) >= 11 is 0. The number of rotatable bonds is 7. The molecule has 1 aromatic heterocycles. The van der Waals surface area contributed by atoms with Gasteiger partial charge in [0.25, 0.3) is 5.56 Å². The minimum Gasteiger partial charge on any atom is -0.469 e. The van der Waals surface area contributed by atoms with Gasteiger partial charge in [0.15, 0.2) is 12.0 Å². The third-order valence-electron chi connectivity index (χ3n) is 4.43. The number of nitrogens with one attached hydrogen (secondary N) is 1. The molecule has 0 unspecified atom stereocenters. The largest absolute Gasteiger partial charge is 0.469 e. The molecule has 1 fully saturated rings. The third kappa shape index (κ3) is 5.08. The van der Waals surface area contributed by atoms with Crippen LogP contribution in [-0.4, -0.2) is 82.7 Å². The van der Waals surface area contributed by atoms with Gasteiger partial charge in [-0.1, -0.05) is 0 Å². The van der Waals surface area contributed by atoms with Crippen LogP contribution < -0.4 is 11.2 Å². The summed E-state index contributed by atoms with van der Waals surface area (Å²) in [6.07, 6.45) is 0.758. The second-order valence-corrected chi connectivity index (χ2v) is 11.7. The fourth-order valence-corrected chi connectivity index (χ4v) is 3.80. The molecule has 0 radical (unpaired) electrons. The average molecular weight is 416 g/mol. The predicted molar refractivity (Wildman–Crippen MR) is 104 cm³/mol. The van der Waals surface area contributed by atoms with Crippen molar-refractivity contribution in [1.82, 2.24) is 9.55 Å². The standard InChI is InChI=1S/C17H25N2O8P/c1-26-12(21)7-10(20)9-8-19(17(25)18-15(9)24)16-14(23)13(22)11(27-16)5-6-28(2,3)4/h8,11,13-14,16,22-23H,2,5-7H2,1,3-4H3,(H,18,24,25)/t11-,13-,14-,16-/m1/s1. The van der Waals surface area contributed by atoms with Crippen LogP contribution in [0.15, 0.2) is 15.8 Å². The van der Waals surface area contributed by atoms with Gasteiger partial charge >= 0.3 is 11.7 Å². The van der Waals surface area contributed by atoms with Crippen LogP contribution in [0.1, 0.15) is 29.4 Å². The average Bonchev–Trinajstić information content (AvgIpc) is 2.87. The van der Waals surface area contributed by atoms with Gasteiger partial charge in [-0.2, -0.15) is 0 Å². The van der Waals surface area contributed by atoms with Gasteiger partial charge < -0.3 is 19.7 Å². The first-order valence-corrected chi connectivity index (χ1v) is 11.6. The Hall–Kier alpha value is -2.00. The van der Waals surface area contributed by atoms with E-state index < -0.39 is 66.4 Å². The lowest BCUT2D eigenvalue weighted by molar-refractivity contribution is -0.139. The summed E-state index contributed by atoms with van der Waals surface area (Å²) in [5.41, 5.74) is -2.34. The van der Waals surface area contributed by atoms with Crippen molar-refractivity contribution in [2.45, 2.75) is 37.4 Å². The molecule has 0 aromatic carbocycles. The van der Waals surface area contributed by atoms with Crippen molar-refractivity contribution in [3.05, 3.63) is 32.6 Å². The summed E-state index contributed by atoms with van der Waals surface area (Å²) < 4.78 is 10.9. The Bertz CT molecular complexity index is 914. The lowest BCUT2D eigenvalue weighted by Crippen LogP contribution is -2.39. The number of nitrogens with zero attached hydrogens (tertiary/aromatic N) is 1. The van der Waals surface area contributed by atoms with E-state index in [1.165, 1.54) is 0 Å². The van der Waals surface area contributed by atoms with Gasteiger partial charge in [-0.25, -0.2) is 4.79 Å². The number of esters is 1. The Morgan fingerprint density at radius 1 is 1.32 bits per heavy atom. The number of H-pyrrole nitrogens is 1. The zero-order valence-electron chi connectivity index (χ0n) is 16.0. The summed E-state index contributed by atoms with van der Waals surface area (Å²) in [5, 5.41) is 20.6. The highest BCUT2D eigenvalue weighted by Gasteiger charge is 2.44. The van der Waals surface area contributed by atoms with Crippen molar-refractivity contribution in [2.75, 3.05) is 26.6 Å². The number of methoxy groups -OCH3 is 1. The van der Waals surface area contributed by atoms with Gasteiger partial charge in [0, 0.05) is 6.20 Å². The van der Waals surface area contributed by atoms with Crippen LogP contribution in [0.4, 0.5) is 0 Å². The van der Waals surface area contributed by atoms with Crippen molar-refractivity contribution in [1.29, 1.82) is 0 Å². The molecule has 2 rings (SSSR count). The molecule has 0 amide bonds. The molecular weight excluding hydrogens is 391 g/mol. The summed E-state index contributed by atoms with van der Waals surface area (Å²) in [6, 6.07) is 0. The number of aromatic amines is 1. The molecule has 2 heterocycles. The Morgan fingerprint density at radius 2 is 1.96 bits per heavy atom. The smallest absolute Gasteiger partial charge is 0.330 e. The molecule has 3 N–H and O–H groups in total. The SMILES string of the molecule is C=P(C)(C)CC[C@H]1O[C@@H](n2cc(C(=O)CC(=O)OC)c(=O)[nH]c2=O)[C@H](O)[C@@H]1O. The van der Waals surface area contributed by atoms with E-state index in [-0.39, 0.29) is 0 Å². The minimum absolute atomic E-state index is 0.436. The van der Waals surface area contributed by atoms with Gasteiger partial charge in [0.1, 0.15) is 18.6 Å². The third-order valence-corrected chi connectivity index (χ3v) is 5.90. The molecule has 11 heteroatoms. The van der Waals surface area contributed by atoms with Crippen LogP contribution in [0.3, 0.4) is 0 Å². The second-order valence-electron chi connectivity index (χ2n) is 7.38. The number of aromatic nitrogens is 2. The highest BCUT2D eigenvalue weighted by molar-refractivity contribution is 7.72. The van der Waals surface area contributed by atoms with E-state index in [2.05, 4.69) is 11.0 Å². The number of aliphatic hydroxyl groups is 2. The van der Waals surface area contributed by atoms with Crippen LogP contribution in [0.2, 0.25) is 0 Å². The number of ether oxygens (including phenoxy) is 2. The lowest BCUT2D eigenvalue weighted by atomic mass is 10.1. The summed E-state index contributed by atoms with van der Waals surface area (Å²) in [4.78, 5) is 49.5. The van der Waals surface area contributed by atoms with E-state index in [0.717, 1.165) is 17.9 Å². The molecule has 156 valence electrons. The van der Waals surface area contributed by atoms with E-state index in [1.807, 2.05) is 18.3 Å². The Morgan fingerprint density at radius 3 is 2.54 bits per heavy atom. The molecule has 1 aromatic rings. The van der Waals surface area contributed by atoms with E-state index in [1.54, 1.807) is 0 Å². The summed E-state index contributed by atoms with van der Waals surface area (Å²) in [7, 11) is 1.10. The highest BCUT2D eigenvalue weighted by Crippen LogP contribution is 2.39. The number of ketones is 1. The summed E-state index contributed by atoms with van der Waals surface area (Å²) in [6.45, 7) is 2.66. The Balaban J connectivity index is 2.31. The van der Waals surface area contributed by atoms with Crippen LogP contribution >= 0.6 is 6.89 Å². The zero-order valence-corrected chi connectivity index (χ0v) is 16.8. The number of aliphatic hydroxyl groups excluding tert-OH is 2. The Kier molecular flexibility index (Phi) is 6.82. The van der Waals surface area contributed by atoms with E-state index in [4.69, 9.17) is 4.74 Å². The molecule has 4 atom stereocenters. The fraction of sp³-hybridized carbons (Fsp3) is 0.588. The summed E-state index contributed by atoms with van der Waals surface area (Å²) in [5.74, 6) is -1.69. The first-order valence-electron chi connectivity index (χ1n) is 8.59. The van der Waals surface area contributed by atoms with Gasteiger partial charge in [-0.15, -0.1) is 13.2 Å². The number of hydrogen-bond acceptors (Lipinski definition) is 8. The van der Waals surface area contributed by atoms with Gasteiger partial charge in [-0.05, 0) is 25.9 Å². The van der Waals surface area contributed by atoms with Crippen LogP contribution in [0.25, 0.3) is 0 Å². The molecule has 1 aliphatic rings. The van der Waals surface area contributed by atoms with Gasteiger partial charge in [-0.3, -0.25) is 23.9 Å². The molecule has 0 spiro atoms. The predicted octanol–water partition coefficient (Wildman–Crippen LogP) is -0.999.